The molecule has 2 amide bonds. The zero-order valence-corrected chi connectivity index (χ0v) is 17.1. The van der Waals surface area contributed by atoms with Crippen molar-refractivity contribution in [1.82, 2.24) is 4.90 Å². The van der Waals surface area contributed by atoms with Crippen LogP contribution in [0.25, 0.3) is 0 Å². The predicted molar refractivity (Wildman–Crippen MR) is 109 cm³/mol. The highest BCUT2D eigenvalue weighted by Gasteiger charge is 2.54. The van der Waals surface area contributed by atoms with E-state index < -0.39 is 9.84 Å². The van der Waals surface area contributed by atoms with Gasteiger partial charge >= 0.3 is 6.03 Å². The Morgan fingerprint density at radius 2 is 1.82 bits per heavy atom. The van der Waals surface area contributed by atoms with Crippen molar-refractivity contribution in [1.29, 1.82) is 0 Å². The maximum atomic E-state index is 13.4. The number of carbonyl (C=O) groups excluding carboxylic acids is 1. The third kappa shape index (κ3) is 3.24. The molecule has 2 aliphatic heterocycles. The van der Waals surface area contributed by atoms with E-state index in [0.717, 1.165) is 22.4 Å². The lowest BCUT2D eigenvalue weighted by Gasteiger charge is -2.24. The van der Waals surface area contributed by atoms with Crippen LogP contribution in [0.3, 0.4) is 0 Å². The van der Waals surface area contributed by atoms with Crippen LogP contribution in [-0.2, 0) is 16.4 Å². The van der Waals surface area contributed by atoms with Crippen molar-refractivity contribution in [3.63, 3.8) is 0 Å². The van der Waals surface area contributed by atoms with Crippen molar-refractivity contribution in [2.24, 2.45) is 0 Å². The van der Waals surface area contributed by atoms with Crippen molar-refractivity contribution in [3.05, 3.63) is 59.2 Å². The second-order valence-corrected chi connectivity index (χ2v) is 9.79. The first-order chi connectivity index (χ1) is 13.3. The number of amides is 2. The maximum absolute atomic E-state index is 13.4. The summed E-state index contributed by atoms with van der Waals surface area (Å²) >= 11 is 0. The van der Waals surface area contributed by atoms with Crippen molar-refractivity contribution >= 4 is 21.6 Å². The highest BCUT2D eigenvalue weighted by molar-refractivity contribution is 7.91. The maximum Gasteiger partial charge on any atom is 0.325 e. The fourth-order valence-electron chi connectivity index (χ4n) is 4.19. The van der Waals surface area contributed by atoms with Gasteiger partial charge in [-0.15, -0.1) is 0 Å². The molecule has 0 spiro atoms. The van der Waals surface area contributed by atoms with Crippen LogP contribution in [0.15, 0.2) is 42.5 Å². The molecule has 0 aromatic heterocycles. The van der Waals surface area contributed by atoms with Crippen molar-refractivity contribution in [2.45, 2.75) is 32.5 Å². The molecule has 2 aliphatic rings. The van der Waals surface area contributed by atoms with E-state index in [9.17, 15) is 13.2 Å². The van der Waals surface area contributed by atoms with Crippen LogP contribution in [0.4, 0.5) is 10.5 Å². The minimum Gasteiger partial charge on any atom is -0.497 e. The van der Waals surface area contributed by atoms with Crippen LogP contribution >= 0.6 is 0 Å². The molecule has 0 N–H and O–H groups in total. The first-order valence-corrected chi connectivity index (χ1v) is 11.1. The Balaban J connectivity index is 1.73. The van der Waals surface area contributed by atoms with Crippen LogP contribution < -0.4 is 9.64 Å². The van der Waals surface area contributed by atoms with E-state index in [0.29, 0.717) is 12.3 Å². The van der Waals surface area contributed by atoms with Gasteiger partial charge in [0, 0.05) is 12.2 Å². The Morgan fingerprint density at radius 3 is 2.57 bits per heavy atom. The molecule has 2 aromatic carbocycles. The molecule has 0 unspecified atom stereocenters. The molecule has 0 radical (unpaired) electrons. The van der Waals surface area contributed by atoms with Gasteiger partial charge < -0.3 is 9.64 Å². The van der Waals surface area contributed by atoms with E-state index in [1.54, 1.807) is 16.9 Å². The third-order valence-corrected chi connectivity index (χ3v) is 7.29. The molecular weight excluding hydrogens is 376 g/mol. The predicted octanol–water partition coefficient (Wildman–Crippen LogP) is 2.92. The summed E-state index contributed by atoms with van der Waals surface area (Å²) in [6.07, 6.45) is 0. The molecule has 2 atom stereocenters. The highest BCUT2D eigenvalue weighted by atomic mass is 32.2. The molecule has 28 heavy (non-hydrogen) atoms. The van der Waals surface area contributed by atoms with Gasteiger partial charge in [-0.1, -0.05) is 24.3 Å². The van der Waals surface area contributed by atoms with E-state index in [-0.39, 0.29) is 29.6 Å². The lowest BCUT2D eigenvalue weighted by molar-refractivity contribution is 0.205. The van der Waals surface area contributed by atoms with Gasteiger partial charge in [-0.3, -0.25) is 4.90 Å². The molecule has 7 heteroatoms. The zero-order chi connectivity index (χ0) is 20.1. The summed E-state index contributed by atoms with van der Waals surface area (Å²) in [5, 5.41) is 0. The Labute approximate surface area is 165 Å². The summed E-state index contributed by atoms with van der Waals surface area (Å²) in [5.41, 5.74) is 3.71. The molecule has 148 valence electrons. The number of urea groups is 1. The van der Waals surface area contributed by atoms with Gasteiger partial charge in [0.05, 0.1) is 30.7 Å². The monoisotopic (exact) mass is 400 g/mol. The number of carbonyl (C=O) groups is 1. The summed E-state index contributed by atoms with van der Waals surface area (Å²) < 4.78 is 30.1. The number of rotatable bonds is 4. The summed E-state index contributed by atoms with van der Waals surface area (Å²) in [6, 6.07) is 12.6. The largest absolute Gasteiger partial charge is 0.497 e. The van der Waals surface area contributed by atoms with Gasteiger partial charge in [0.2, 0.25) is 0 Å². The molecule has 6 nitrogen and oxygen atoms in total. The molecule has 2 saturated heterocycles. The number of ether oxygens (including phenoxy) is 1. The van der Waals surface area contributed by atoms with Gasteiger partial charge in [0.1, 0.15) is 5.75 Å². The van der Waals surface area contributed by atoms with Crippen LogP contribution in [-0.4, -0.2) is 50.0 Å². The first kappa shape index (κ1) is 18.8. The number of hydrogen-bond acceptors (Lipinski definition) is 4. The Kier molecular flexibility index (Phi) is 4.57. The van der Waals surface area contributed by atoms with E-state index >= 15 is 0 Å². The third-order valence-electron chi connectivity index (χ3n) is 5.59. The van der Waals surface area contributed by atoms with Crippen molar-refractivity contribution in [3.8, 4) is 5.75 Å². The van der Waals surface area contributed by atoms with Gasteiger partial charge in [0.15, 0.2) is 9.84 Å². The number of nitrogens with zero attached hydrogens (tertiary/aromatic N) is 2. The second kappa shape index (κ2) is 6.81. The number of anilines is 1. The van der Waals surface area contributed by atoms with Crippen molar-refractivity contribution < 1.29 is 17.9 Å². The van der Waals surface area contributed by atoms with E-state index in [4.69, 9.17) is 4.74 Å². The first-order valence-electron chi connectivity index (χ1n) is 9.29. The number of benzene rings is 2. The average molecular weight is 401 g/mol. The second-order valence-electron chi connectivity index (χ2n) is 7.63. The molecular formula is C21H24N2O4S. The van der Waals surface area contributed by atoms with Crippen LogP contribution in [0.1, 0.15) is 16.7 Å². The number of fused-ring (bicyclic) bond motifs is 1. The SMILES string of the molecule is COc1cccc(CN2C(=O)N(c3cc(C)ccc3C)[C@@H]3CS(=O)(=O)C[C@@H]32)c1. The summed E-state index contributed by atoms with van der Waals surface area (Å²) in [4.78, 5) is 16.8. The lowest BCUT2D eigenvalue weighted by Crippen LogP contribution is -2.38. The van der Waals surface area contributed by atoms with E-state index in [1.807, 2.05) is 56.3 Å². The summed E-state index contributed by atoms with van der Waals surface area (Å²) in [6.45, 7) is 4.28. The average Bonchev–Trinajstić information content (AvgIpc) is 3.08. The number of aryl methyl sites for hydroxylation is 2. The zero-order valence-electron chi connectivity index (χ0n) is 16.3. The smallest absolute Gasteiger partial charge is 0.325 e. The fraction of sp³-hybridized carbons (Fsp3) is 0.381. The molecule has 0 saturated carbocycles. The molecule has 0 bridgehead atoms. The molecule has 2 aromatic rings. The molecule has 0 aliphatic carbocycles. The molecule has 2 heterocycles. The van der Waals surface area contributed by atoms with Gasteiger partial charge in [-0.25, -0.2) is 13.2 Å². The Hall–Kier alpha value is -2.54. The van der Waals surface area contributed by atoms with Crippen LogP contribution in [0, 0.1) is 13.8 Å². The lowest BCUT2D eigenvalue weighted by atomic mass is 10.1. The normalized spacial score (nSPS) is 23.2. The topological polar surface area (TPSA) is 66.9 Å². The van der Waals surface area contributed by atoms with E-state index in [1.165, 1.54) is 0 Å². The van der Waals surface area contributed by atoms with Crippen LogP contribution in [0.5, 0.6) is 5.75 Å². The fourth-order valence-corrected chi connectivity index (χ4v) is 6.14. The Bertz CT molecular complexity index is 1030. The van der Waals surface area contributed by atoms with Gasteiger partial charge in [0.25, 0.3) is 0 Å². The van der Waals surface area contributed by atoms with Crippen LogP contribution in [0.2, 0.25) is 0 Å². The van der Waals surface area contributed by atoms with Crippen molar-refractivity contribution in [2.75, 3.05) is 23.5 Å². The minimum atomic E-state index is -3.19. The number of sulfone groups is 1. The standard InChI is InChI=1S/C21H24N2O4S/c1-14-7-8-15(2)18(9-14)23-20-13-28(25,26)12-19(20)22(21(23)24)11-16-5-4-6-17(10-16)27-3/h4-10,19-20H,11-13H2,1-3H3/t19-,20+/m0/s1. The number of methoxy groups -OCH3 is 1. The highest BCUT2D eigenvalue weighted by Crippen LogP contribution is 2.37. The van der Waals surface area contributed by atoms with Gasteiger partial charge in [-0.2, -0.15) is 0 Å². The minimum absolute atomic E-state index is 0.00536. The van der Waals surface area contributed by atoms with E-state index in [2.05, 4.69) is 0 Å². The summed E-state index contributed by atoms with van der Waals surface area (Å²) in [5.74, 6) is 0.728. The molecule has 2 fully saturated rings. The quantitative estimate of drug-likeness (QED) is 0.740. The Morgan fingerprint density at radius 1 is 1.07 bits per heavy atom. The molecule has 4 rings (SSSR count). The van der Waals surface area contributed by atoms with Gasteiger partial charge in [-0.05, 0) is 48.7 Å². The summed E-state index contributed by atoms with van der Waals surface area (Å²) in [7, 11) is -1.59. The number of hydrogen-bond donors (Lipinski definition) is 0.